The summed E-state index contributed by atoms with van der Waals surface area (Å²) in [6, 6.07) is 8.99. The fourth-order valence-electron chi connectivity index (χ4n) is 3.77. The number of aliphatic hydroxyl groups excluding tert-OH is 1. The maximum absolute atomic E-state index is 13.3. The Balaban J connectivity index is 1.70. The Morgan fingerprint density at radius 1 is 1.22 bits per heavy atom. The third kappa shape index (κ3) is 5.83. The first-order chi connectivity index (χ1) is 15.5. The van der Waals surface area contributed by atoms with E-state index in [0.717, 1.165) is 29.7 Å². The van der Waals surface area contributed by atoms with Crippen LogP contribution >= 0.6 is 0 Å². The molecule has 8 heteroatoms. The van der Waals surface area contributed by atoms with Crippen molar-refractivity contribution >= 4 is 17.8 Å². The van der Waals surface area contributed by atoms with Crippen LogP contribution in [0.2, 0.25) is 0 Å². The van der Waals surface area contributed by atoms with Gasteiger partial charge in [0.15, 0.2) is 18.0 Å². The summed E-state index contributed by atoms with van der Waals surface area (Å²) in [6.45, 7) is 0.236. The van der Waals surface area contributed by atoms with Crippen LogP contribution in [0.15, 0.2) is 54.3 Å². The summed E-state index contributed by atoms with van der Waals surface area (Å²) in [5.74, 6) is -0.597. The molecule has 2 aliphatic heterocycles. The quantitative estimate of drug-likeness (QED) is 0.555. The number of aliphatic hydroxyl groups is 1. The van der Waals surface area contributed by atoms with Crippen molar-refractivity contribution in [2.45, 2.75) is 50.4 Å². The second-order valence-electron chi connectivity index (χ2n) is 7.74. The van der Waals surface area contributed by atoms with Gasteiger partial charge < -0.3 is 19.3 Å². The summed E-state index contributed by atoms with van der Waals surface area (Å²) in [7, 11) is 1.31. The Morgan fingerprint density at radius 2 is 2.00 bits per heavy atom. The third-order valence-electron chi connectivity index (χ3n) is 5.45. The smallest absolute Gasteiger partial charge is 0.417 e. The molecule has 0 spiro atoms. The van der Waals surface area contributed by atoms with Gasteiger partial charge >= 0.3 is 6.09 Å². The molecule has 2 amide bonds. The van der Waals surface area contributed by atoms with Crippen LogP contribution in [-0.4, -0.2) is 66.4 Å². The van der Waals surface area contributed by atoms with Gasteiger partial charge in [0.1, 0.15) is 12.4 Å². The van der Waals surface area contributed by atoms with Crippen LogP contribution in [0.3, 0.4) is 0 Å². The van der Waals surface area contributed by atoms with Crippen LogP contribution in [0.1, 0.15) is 31.2 Å². The van der Waals surface area contributed by atoms with E-state index < -0.39 is 36.0 Å². The van der Waals surface area contributed by atoms with E-state index in [4.69, 9.17) is 19.3 Å². The number of hydrogen-bond donors (Lipinski definition) is 1. The maximum atomic E-state index is 13.3. The van der Waals surface area contributed by atoms with Crippen LogP contribution in [0.4, 0.5) is 4.79 Å². The lowest BCUT2D eigenvalue weighted by Crippen LogP contribution is -2.53. The molecule has 32 heavy (non-hydrogen) atoms. The number of ether oxygens (including phenoxy) is 3. The maximum Gasteiger partial charge on any atom is 0.417 e. The predicted molar refractivity (Wildman–Crippen MR) is 116 cm³/mol. The first-order valence-electron chi connectivity index (χ1n) is 10.8. The van der Waals surface area contributed by atoms with E-state index in [1.165, 1.54) is 13.2 Å². The summed E-state index contributed by atoms with van der Waals surface area (Å²) < 4.78 is 16.3. The van der Waals surface area contributed by atoms with Crippen LogP contribution in [-0.2, 0) is 30.2 Å². The van der Waals surface area contributed by atoms with E-state index in [0.29, 0.717) is 18.6 Å². The Morgan fingerprint density at radius 3 is 2.72 bits per heavy atom. The van der Waals surface area contributed by atoms with Crippen LogP contribution in [0.25, 0.3) is 0 Å². The number of amides is 2. The number of cyclic esters (lactones) is 1. The molecular formula is C24H29NO7. The van der Waals surface area contributed by atoms with Gasteiger partial charge in [-0.05, 0) is 49.5 Å². The number of hydrogen-bond acceptors (Lipinski definition) is 7. The third-order valence-corrected chi connectivity index (χ3v) is 5.45. The topological polar surface area (TPSA) is 102 Å². The van der Waals surface area contributed by atoms with E-state index in [1.807, 2.05) is 36.4 Å². The molecule has 2 aliphatic rings. The summed E-state index contributed by atoms with van der Waals surface area (Å²) in [6.07, 6.45) is 5.17. The minimum atomic E-state index is -1.28. The molecule has 8 nitrogen and oxygen atoms in total. The van der Waals surface area contributed by atoms with Crippen molar-refractivity contribution in [3.8, 4) is 0 Å². The summed E-state index contributed by atoms with van der Waals surface area (Å²) in [5.41, 5.74) is 0.960. The number of rotatable bonds is 10. The van der Waals surface area contributed by atoms with Crippen molar-refractivity contribution in [1.82, 2.24) is 4.90 Å². The molecule has 0 saturated carbocycles. The molecule has 3 rings (SSSR count). The molecule has 1 aromatic carbocycles. The van der Waals surface area contributed by atoms with Gasteiger partial charge in [0.25, 0.3) is 5.91 Å². The van der Waals surface area contributed by atoms with Crippen LogP contribution in [0.5, 0.6) is 0 Å². The number of nitrogens with zero attached hydrogens (tertiary/aromatic N) is 1. The first kappa shape index (κ1) is 23.7. The van der Waals surface area contributed by atoms with Gasteiger partial charge in [-0.15, -0.1) is 0 Å². The molecule has 172 valence electrons. The molecule has 0 unspecified atom stereocenters. The first-order valence-corrected chi connectivity index (χ1v) is 10.8. The van der Waals surface area contributed by atoms with E-state index in [9.17, 15) is 14.4 Å². The van der Waals surface area contributed by atoms with Gasteiger partial charge in [0.05, 0.1) is 6.04 Å². The van der Waals surface area contributed by atoms with Gasteiger partial charge in [0, 0.05) is 13.7 Å². The summed E-state index contributed by atoms with van der Waals surface area (Å²) in [5, 5.41) is 8.86. The van der Waals surface area contributed by atoms with Crippen molar-refractivity contribution in [2.75, 3.05) is 20.3 Å². The van der Waals surface area contributed by atoms with Gasteiger partial charge in [-0.1, -0.05) is 36.8 Å². The number of carbonyl (C=O) groups excluding carboxylic acids is 3. The van der Waals surface area contributed by atoms with Crippen molar-refractivity contribution in [3.63, 3.8) is 0 Å². The van der Waals surface area contributed by atoms with Crippen molar-refractivity contribution in [2.24, 2.45) is 0 Å². The molecule has 3 atom stereocenters. The molecule has 0 bridgehead atoms. The zero-order valence-corrected chi connectivity index (χ0v) is 18.1. The molecule has 1 saturated heterocycles. The molecule has 0 aromatic heterocycles. The number of ketones is 1. The Bertz CT molecular complexity index is 864. The number of imide groups is 1. The van der Waals surface area contributed by atoms with Crippen LogP contribution in [0, 0.1) is 0 Å². The SMILES string of the molecule is CO[C@@H](C(=O)N1C(=O)OC[C@H]1Cc1ccccc1)[C@H]1OC(=CCCCCCO)C=CC1=O. The number of unbranched alkanes of at least 4 members (excludes halogenated alkanes) is 3. The van der Waals surface area contributed by atoms with Gasteiger partial charge in [-0.25, -0.2) is 9.69 Å². The standard InChI is InChI=1S/C24H29NO7/c1-30-22(21-20(27)13-12-19(32-21)11-7-2-3-8-14-26)23(28)25-18(16-31-24(25)29)15-17-9-5-4-6-10-17/h4-6,9-13,18,21-22,26H,2-3,7-8,14-16H2,1H3/t18-,21+,22-/m1/s1. The second-order valence-corrected chi connectivity index (χ2v) is 7.74. The highest BCUT2D eigenvalue weighted by Crippen LogP contribution is 2.24. The fourth-order valence-corrected chi connectivity index (χ4v) is 3.77. The minimum absolute atomic E-state index is 0.0776. The molecule has 1 N–H and O–H groups in total. The number of methoxy groups -OCH3 is 1. The average molecular weight is 443 g/mol. The van der Waals surface area contributed by atoms with Crippen molar-refractivity contribution < 1.29 is 33.7 Å². The number of allylic oxidation sites excluding steroid dienone is 2. The number of benzene rings is 1. The van der Waals surface area contributed by atoms with E-state index >= 15 is 0 Å². The Kier molecular flexibility index (Phi) is 8.58. The highest BCUT2D eigenvalue weighted by atomic mass is 16.6. The van der Waals surface area contributed by atoms with Gasteiger partial charge in [-0.3, -0.25) is 9.59 Å². The zero-order valence-electron chi connectivity index (χ0n) is 18.1. The number of carbonyl (C=O) groups is 3. The molecule has 2 heterocycles. The lowest BCUT2D eigenvalue weighted by molar-refractivity contribution is -0.153. The summed E-state index contributed by atoms with van der Waals surface area (Å²) >= 11 is 0. The monoisotopic (exact) mass is 443 g/mol. The average Bonchev–Trinajstić information content (AvgIpc) is 3.16. The lowest BCUT2D eigenvalue weighted by Gasteiger charge is -2.30. The van der Waals surface area contributed by atoms with Crippen LogP contribution < -0.4 is 0 Å². The fraction of sp³-hybridized carbons (Fsp3) is 0.458. The van der Waals surface area contributed by atoms with E-state index in [-0.39, 0.29) is 13.2 Å². The molecule has 0 radical (unpaired) electrons. The van der Waals surface area contributed by atoms with Gasteiger partial charge in [0.2, 0.25) is 0 Å². The zero-order chi connectivity index (χ0) is 22.9. The van der Waals surface area contributed by atoms with Crippen molar-refractivity contribution in [1.29, 1.82) is 0 Å². The Hall–Kier alpha value is -2.97. The Labute approximate surface area is 187 Å². The second kappa shape index (κ2) is 11.6. The van der Waals surface area contributed by atoms with Crippen molar-refractivity contribution in [3.05, 3.63) is 59.9 Å². The highest BCUT2D eigenvalue weighted by Gasteiger charge is 2.46. The predicted octanol–water partition coefficient (Wildman–Crippen LogP) is 2.55. The van der Waals surface area contributed by atoms with Gasteiger partial charge in [-0.2, -0.15) is 0 Å². The molecule has 0 aliphatic carbocycles. The molecule has 1 aromatic rings. The normalized spacial score (nSPS) is 22.7. The van der Waals surface area contributed by atoms with E-state index in [2.05, 4.69) is 0 Å². The summed E-state index contributed by atoms with van der Waals surface area (Å²) in [4.78, 5) is 39.2. The highest BCUT2D eigenvalue weighted by molar-refractivity contribution is 6.03. The molecule has 1 fully saturated rings. The van der Waals surface area contributed by atoms with E-state index in [1.54, 1.807) is 6.08 Å². The minimum Gasteiger partial charge on any atom is -0.479 e. The lowest BCUT2D eigenvalue weighted by atomic mass is 10.0. The largest absolute Gasteiger partial charge is 0.479 e. The molecular weight excluding hydrogens is 414 g/mol.